The van der Waals surface area contributed by atoms with Crippen LogP contribution in [-0.2, 0) is 16.7 Å². The minimum absolute atomic E-state index is 0.0635. The van der Waals surface area contributed by atoms with Crippen molar-refractivity contribution in [3.63, 3.8) is 0 Å². The Morgan fingerprint density at radius 1 is 1.35 bits per heavy atom. The van der Waals surface area contributed by atoms with Crippen molar-refractivity contribution in [2.24, 2.45) is 0 Å². The fourth-order valence-corrected chi connectivity index (χ4v) is 2.20. The number of nitrogens with zero attached hydrogens (tertiary/aromatic N) is 3. The van der Waals surface area contributed by atoms with Crippen molar-refractivity contribution >= 4 is 21.7 Å². The Morgan fingerprint density at radius 3 is 2.71 bits per heavy atom. The number of rotatable bonds is 4. The van der Waals surface area contributed by atoms with Gasteiger partial charge in [0.2, 0.25) is 0 Å². The first kappa shape index (κ1) is 12.1. The molecule has 8 heteroatoms. The fourth-order valence-electron chi connectivity index (χ4n) is 1.24. The van der Waals surface area contributed by atoms with Crippen molar-refractivity contribution in [1.82, 2.24) is 9.47 Å². The molecule has 17 heavy (non-hydrogen) atoms. The summed E-state index contributed by atoms with van der Waals surface area (Å²) in [5, 5.41) is 5.92. The van der Waals surface area contributed by atoms with E-state index in [-0.39, 0.29) is 6.54 Å². The van der Waals surface area contributed by atoms with Gasteiger partial charge >= 0.3 is 0 Å². The van der Waals surface area contributed by atoms with Gasteiger partial charge in [-0.25, -0.2) is 12.8 Å². The zero-order chi connectivity index (χ0) is 12.3. The minimum Gasteiger partial charge on any atom is -0.748 e. The van der Waals surface area contributed by atoms with Gasteiger partial charge in [-0.2, -0.15) is 0 Å². The molecule has 2 heterocycles. The summed E-state index contributed by atoms with van der Waals surface area (Å²) in [7, 11) is -4.19. The van der Waals surface area contributed by atoms with Gasteiger partial charge in [-0.15, -0.1) is 0 Å². The van der Waals surface area contributed by atoms with Crippen LogP contribution in [0.3, 0.4) is 0 Å². The molecule has 0 aliphatic heterocycles. The first-order valence-electron chi connectivity index (χ1n) is 4.74. The second-order valence-corrected chi connectivity index (χ2v) is 5.53. The van der Waals surface area contributed by atoms with E-state index in [4.69, 9.17) is 0 Å². The van der Waals surface area contributed by atoms with Gasteiger partial charge in [-0.3, -0.25) is 0 Å². The Labute approximate surface area is 102 Å². The molecule has 0 aromatic carbocycles. The molecule has 0 fully saturated rings. The van der Waals surface area contributed by atoms with Gasteiger partial charge in [-0.1, -0.05) is 4.68 Å². The Balaban J connectivity index is 2.09. The van der Waals surface area contributed by atoms with Crippen molar-refractivity contribution in [3.8, 4) is 11.1 Å². The Bertz CT molecular complexity index is 578. The predicted molar refractivity (Wildman–Crippen MR) is 60.1 cm³/mol. The van der Waals surface area contributed by atoms with Gasteiger partial charge in [0.15, 0.2) is 12.7 Å². The van der Waals surface area contributed by atoms with Crippen molar-refractivity contribution < 1.29 is 17.7 Å². The average Bonchev–Trinajstić information content (AvgIpc) is 2.79. The lowest BCUT2D eigenvalue weighted by molar-refractivity contribution is -0.750. The zero-order valence-electron chi connectivity index (χ0n) is 8.68. The molecule has 0 aliphatic carbocycles. The summed E-state index contributed by atoms with van der Waals surface area (Å²) in [5.74, 6) is -0.454. The largest absolute Gasteiger partial charge is 0.748 e. The van der Waals surface area contributed by atoms with E-state index in [1.165, 1.54) is 16.2 Å². The number of aryl methyl sites for hydroxylation is 1. The van der Waals surface area contributed by atoms with E-state index in [0.29, 0.717) is 0 Å². The van der Waals surface area contributed by atoms with Gasteiger partial charge in [0.1, 0.15) is 16.3 Å². The Kier molecular flexibility index (Phi) is 3.46. The molecule has 0 saturated heterocycles. The third-order valence-electron chi connectivity index (χ3n) is 2.11. The van der Waals surface area contributed by atoms with E-state index in [0.717, 1.165) is 11.1 Å². The molecular formula is C9H9N3O3S2. The molecule has 0 atom stereocenters. The highest BCUT2D eigenvalue weighted by molar-refractivity contribution is 7.85. The van der Waals surface area contributed by atoms with Crippen LogP contribution in [0.15, 0.2) is 30.0 Å². The third kappa shape index (κ3) is 3.55. The lowest BCUT2D eigenvalue weighted by Crippen LogP contribution is -2.40. The summed E-state index contributed by atoms with van der Waals surface area (Å²) in [6.45, 7) is 0.0635. The van der Waals surface area contributed by atoms with Gasteiger partial charge in [0, 0.05) is 28.8 Å². The molecule has 0 aliphatic rings. The molecule has 0 saturated carbocycles. The second kappa shape index (κ2) is 4.86. The first-order valence-corrected chi connectivity index (χ1v) is 7.15. The monoisotopic (exact) mass is 271 g/mol. The fraction of sp³-hybridized carbons (Fsp3) is 0.222. The van der Waals surface area contributed by atoms with Gasteiger partial charge in [-0.05, 0) is 16.6 Å². The van der Waals surface area contributed by atoms with Crippen LogP contribution in [0.1, 0.15) is 0 Å². The molecule has 0 amide bonds. The second-order valence-electron chi connectivity index (χ2n) is 3.35. The van der Waals surface area contributed by atoms with E-state index in [1.54, 1.807) is 24.7 Å². The predicted octanol–water partition coefficient (Wildman–Crippen LogP) is 0.0378. The third-order valence-corrected chi connectivity index (χ3v) is 3.38. The molecule has 0 N–H and O–H groups in total. The van der Waals surface area contributed by atoms with E-state index in [9.17, 15) is 13.0 Å². The van der Waals surface area contributed by atoms with Crippen LogP contribution < -0.4 is 4.68 Å². The van der Waals surface area contributed by atoms with Gasteiger partial charge < -0.3 is 4.55 Å². The van der Waals surface area contributed by atoms with Gasteiger partial charge in [0.25, 0.3) is 0 Å². The van der Waals surface area contributed by atoms with E-state index in [1.807, 2.05) is 5.38 Å². The van der Waals surface area contributed by atoms with Crippen LogP contribution in [0.4, 0.5) is 0 Å². The lowest BCUT2D eigenvalue weighted by atomic mass is 10.2. The van der Waals surface area contributed by atoms with E-state index < -0.39 is 15.9 Å². The summed E-state index contributed by atoms with van der Waals surface area (Å²) < 4.78 is 36.8. The maximum absolute atomic E-state index is 10.5. The summed E-state index contributed by atoms with van der Waals surface area (Å²) in [6.07, 6.45) is 4.98. The molecule has 6 nitrogen and oxygen atoms in total. The standard InChI is InChI=1S/C9H9N3O3S2/c13-17(14,15)4-3-12-2-1-8(5-10-12)9-6-11-16-7-9/h1-2,5-7H,3-4H2. The van der Waals surface area contributed by atoms with Crippen molar-refractivity contribution in [2.75, 3.05) is 5.75 Å². The number of aromatic nitrogens is 3. The smallest absolute Gasteiger partial charge is 0.196 e. The summed E-state index contributed by atoms with van der Waals surface area (Å²) in [5.41, 5.74) is 1.87. The molecule has 90 valence electrons. The van der Waals surface area contributed by atoms with E-state index in [2.05, 4.69) is 9.47 Å². The minimum atomic E-state index is -4.19. The molecule has 0 radical (unpaired) electrons. The first-order chi connectivity index (χ1) is 8.04. The van der Waals surface area contributed by atoms with Crippen molar-refractivity contribution in [2.45, 2.75) is 6.54 Å². The lowest BCUT2D eigenvalue weighted by Gasteiger charge is -2.02. The van der Waals surface area contributed by atoms with Gasteiger partial charge in [0.05, 0.1) is 5.75 Å². The molecule has 2 rings (SSSR count). The van der Waals surface area contributed by atoms with E-state index >= 15 is 0 Å². The molecule has 0 spiro atoms. The molecule has 0 unspecified atom stereocenters. The zero-order valence-corrected chi connectivity index (χ0v) is 10.3. The highest BCUT2D eigenvalue weighted by Gasteiger charge is 2.07. The van der Waals surface area contributed by atoms with Crippen LogP contribution in [0.25, 0.3) is 11.1 Å². The topological polar surface area (TPSA) is 86.9 Å². The number of hydrogen-bond donors (Lipinski definition) is 0. The molecule has 2 aromatic heterocycles. The van der Waals surface area contributed by atoms with Crippen LogP contribution >= 0.6 is 11.5 Å². The van der Waals surface area contributed by atoms with Crippen LogP contribution in [0.5, 0.6) is 0 Å². The normalized spacial score (nSPS) is 11.6. The van der Waals surface area contributed by atoms with Crippen molar-refractivity contribution in [1.29, 1.82) is 0 Å². The average molecular weight is 271 g/mol. The molecular weight excluding hydrogens is 262 g/mol. The highest BCUT2D eigenvalue weighted by Crippen LogP contribution is 2.17. The molecule has 0 bridgehead atoms. The maximum Gasteiger partial charge on any atom is 0.196 e. The molecule has 2 aromatic rings. The van der Waals surface area contributed by atoms with Crippen LogP contribution in [0.2, 0.25) is 0 Å². The van der Waals surface area contributed by atoms with Crippen LogP contribution in [0, 0.1) is 0 Å². The summed E-state index contributed by atoms with van der Waals surface area (Å²) in [4.78, 5) is 0. The summed E-state index contributed by atoms with van der Waals surface area (Å²) in [6, 6.07) is 1.80. The van der Waals surface area contributed by atoms with Crippen molar-refractivity contribution in [3.05, 3.63) is 30.0 Å². The Hall–Kier alpha value is -1.38. The quantitative estimate of drug-likeness (QED) is 0.578. The SMILES string of the molecule is O=S(=O)([O-])CC[n+]1ccc(-c2cnsc2)cn1. The Morgan fingerprint density at radius 2 is 2.18 bits per heavy atom. The van der Waals surface area contributed by atoms with Crippen LogP contribution in [-0.4, -0.2) is 28.2 Å². The highest BCUT2D eigenvalue weighted by atomic mass is 32.2. The maximum atomic E-state index is 10.5. The number of hydrogen-bond acceptors (Lipinski definition) is 6. The summed E-state index contributed by atoms with van der Waals surface area (Å²) >= 11 is 1.35.